The van der Waals surface area contributed by atoms with Crippen LogP contribution in [0, 0.1) is 6.92 Å². The molecule has 0 amide bonds. The minimum Gasteiger partial charge on any atom is -0.451 e. The fourth-order valence-corrected chi connectivity index (χ4v) is 5.60. The minimum atomic E-state index is -2.98. The smallest absolute Gasteiger partial charge is 0.334 e. The molecule has 1 heterocycles. The molecule has 182 valence electrons. The molecule has 4 rings (SSSR count). The molecule has 1 saturated carbocycles. The summed E-state index contributed by atoms with van der Waals surface area (Å²) in [6.07, 6.45) is 3.63. The lowest BCUT2D eigenvalue weighted by molar-refractivity contribution is -0.195. The summed E-state index contributed by atoms with van der Waals surface area (Å²) in [5.41, 5.74) is 3.05. The van der Waals surface area contributed by atoms with Crippen molar-refractivity contribution in [2.24, 2.45) is 0 Å². The second-order valence-electron chi connectivity index (χ2n) is 10.3. The highest BCUT2D eigenvalue weighted by molar-refractivity contribution is 5.88. The zero-order valence-corrected chi connectivity index (χ0v) is 20.2. The molecular weight excluding hydrogens is 422 g/mol. The molecule has 3 aliphatic rings. The number of esters is 1. The molecule has 1 aromatic carbocycles. The zero-order valence-electron chi connectivity index (χ0n) is 20.2. The predicted molar refractivity (Wildman–Crippen MR) is 127 cm³/mol. The van der Waals surface area contributed by atoms with Crippen molar-refractivity contribution in [3.05, 3.63) is 47.0 Å². The number of piperazine rings is 1. The van der Waals surface area contributed by atoms with Crippen molar-refractivity contribution in [3.63, 3.8) is 0 Å². The molecule has 0 spiro atoms. The van der Waals surface area contributed by atoms with E-state index in [2.05, 4.69) is 54.8 Å². The maximum atomic E-state index is 15.0. The van der Waals surface area contributed by atoms with Crippen molar-refractivity contribution in [2.45, 2.75) is 89.3 Å². The average Bonchev–Trinajstić information content (AvgIpc) is 2.81. The number of rotatable bonds is 5. The number of hydrogen-bond donors (Lipinski definition) is 0. The van der Waals surface area contributed by atoms with Gasteiger partial charge in [-0.2, -0.15) is 0 Å². The van der Waals surface area contributed by atoms with Gasteiger partial charge in [0.15, 0.2) is 6.10 Å². The van der Waals surface area contributed by atoms with Crippen LogP contribution in [-0.4, -0.2) is 66.1 Å². The van der Waals surface area contributed by atoms with E-state index in [9.17, 15) is 13.6 Å². The Balaban J connectivity index is 1.40. The van der Waals surface area contributed by atoms with Crippen molar-refractivity contribution in [2.75, 3.05) is 26.2 Å². The number of ether oxygens (including phenoxy) is 1. The van der Waals surface area contributed by atoms with Crippen LogP contribution in [0.1, 0.15) is 69.4 Å². The summed E-state index contributed by atoms with van der Waals surface area (Å²) in [5, 5.41) is 0. The average molecular weight is 461 g/mol. The maximum Gasteiger partial charge on any atom is 0.334 e. The number of hydrogen-bond acceptors (Lipinski definition) is 4. The van der Waals surface area contributed by atoms with E-state index >= 15 is 0 Å². The standard InChI is InChI=1S/C27H38F2N2O2/c1-19(2)30-15-17-31(18-16-30)24-5-4-14-27(28,29)25(24)33-26(32)23-12-10-22(11-13-23)21-8-6-20(3)7-9-21/h6-9,12,19,22,24-25H,4-5,10-11,13-18H2,1-3H3. The molecule has 3 atom stereocenters. The number of allylic oxidation sites excluding steroid dienone is 1. The summed E-state index contributed by atoms with van der Waals surface area (Å²) in [7, 11) is 0. The number of alkyl halides is 2. The second kappa shape index (κ2) is 10.2. The van der Waals surface area contributed by atoms with Gasteiger partial charge in [0.2, 0.25) is 0 Å². The number of nitrogens with zero attached hydrogens (tertiary/aromatic N) is 2. The first-order valence-corrected chi connectivity index (χ1v) is 12.6. The summed E-state index contributed by atoms with van der Waals surface area (Å²) < 4.78 is 35.6. The number of carbonyl (C=O) groups excluding carboxylic acids is 1. The van der Waals surface area contributed by atoms with Gasteiger partial charge in [0.25, 0.3) is 5.92 Å². The van der Waals surface area contributed by atoms with Gasteiger partial charge in [-0.15, -0.1) is 0 Å². The zero-order chi connectivity index (χ0) is 23.6. The molecule has 1 aromatic rings. The van der Waals surface area contributed by atoms with E-state index < -0.39 is 24.0 Å². The highest BCUT2D eigenvalue weighted by Gasteiger charge is 2.52. The predicted octanol–water partition coefficient (Wildman–Crippen LogP) is 5.31. The first kappa shape index (κ1) is 24.3. The van der Waals surface area contributed by atoms with Crippen LogP contribution in [-0.2, 0) is 9.53 Å². The van der Waals surface area contributed by atoms with Crippen molar-refractivity contribution < 1.29 is 18.3 Å². The van der Waals surface area contributed by atoms with Crippen LogP contribution in [0.25, 0.3) is 0 Å². The van der Waals surface area contributed by atoms with Crippen molar-refractivity contribution >= 4 is 5.97 Å². The Hall–Kier alpha value is -1.79. The third kappa shape index (κ3) is 5.65. The van der Waals surface area contributed by atoms with Gasteiger partial charge in [-0.05, 0) is 64.4 Å². The van der Waals surface area contributed by atoms with Crippen LogP contribution < -0.4 is 0 Å². The molecule has 1 saturated heterocycles. The van der Waals surface area contributed by atoms with Crippen molar-refractivity contribution in [1.29, 1.82) is 0 Å². The molecule has 0 N–H and O–H groups in total. The van der Waals surface area contributed by atoms with Crippen LogP contribution in [0.5, 0.6) is 0 Å². The molecule has 1 aliphatic heterocycles. The van der Waals surface area contributed by atoms with Crippen LogP contribution in [0.15, 0.2) is 35.9 Å². The topological polar surface area (TPSA) is 32.8 Å². The highest BCUT2D eigenvalue weighted by Crippen LogP contribution is 2.40. The van der Waals surface area contributed by atoms with E-state index in [4.69, 9.17) is 4.74 Å². The lowest BCUT2D eigenvalue weighted by Gasteiger charge is -2.46. The Morgan fingerprint density at radius 1 is 1.09 bits per heavy atom. The van der Waals surface area contributed by atoms with Gasteiger partial charge in [-0.1, -0.05) is 35.9 Å². The summed E-state index contributed by atoms with van der Waals surface area (Å²) >= 11 is 0. The largest absolute Gasteiger partial charge is 0.451 e. The van der Waals surface area contributed by atoms with Gasteiger partial charge in [0, 0.05) is 44.2 Å². The van der Waals surface area contributed by atoms with Gasteiger partial charge in [-0.25, -0.2) is 13.6 Å². The van der Waals surface area contributed by atoms with Crippen LogP contribution in [0.4, 0.5) is 8.78 Å². The summed E-state index contributed by atoms with van der Waals surface area (Å²) in [6, 6.07) is 8.55. The Morgan fingerprint density at radius 3 is 2.39 bits per heavy atom. The number of carbonyl (C=O) groups is 1. The molecule has 0 radical (unpaired) electrons. The number of aryl methyl sites for hydroxylation is 1. The molecule has 2 aliphatic carbocycles. The molecule has 4 nitrogen and oxygen atoms in total. The van der Waals surface area contributed by atoms with Gasteiger partial charge in [0.1, 0.15) is 0 Å². The molecule has 33 heavy (non-hydrogen) atoms. The summed E-state index contributed by atoms with van der Waals surface area (Å²) in [5.74, 6) is -3.16. The van der Waals surface area contributed by atoms with Gasteiger partial charge in [0.05, 0.1) is 6.04 Å². The molecule has 0 aromatic heterocycles. The third-order valence-corrected chi connectivity index (χ3v) is 7.78. The van der Waals surface area contributed by atoms with Gasteiger partial charge < -0.3 is 4.74 Å². The number of halogens is 2. The molecule has 3 unspecified atom stereocenters. The van der Waals surface area contributed by atoms with E-state index in [-0.39, 0.29) is 6.42 Å². The van der Waals surface area contributed by atoms with E-state index in [1.165, 1.54) is 11.1 Å². The quantitative estimate of drug-likeness (QED) is 0.557. The van der Waals surface area contributed by atoms with Crippen LogP contribution in [0.2, 0.25) is 0 Å². The maximum absolute atomic E-state index is 15.0. The van der Waals surface area contributed by atoms with E-state index in [0.29, 0.717) is 36.8 Å². The highest BCUT2D eigenvalue weighted by atomic mass is 19.3. The molecule has 2 fully saturated rings. The van der Waals surface area contributed by atoms with Crippen molar-refractivity contribution in [3.8, 4) is 0 Å². The molecule has 6 heteroatoms. The Bertz CT molecular complexity index is 844. The molecular formula is C27H38F2N2O2. The Kier molecular flexibility index (Phi) is 7.54. The fourth-order valence-electron chi connectivity index (χ4n) is 5.60. The SMILES string of the molecule is Cc1ccc(C2CC=C(C(=O)OC3C(N4CCN(C(C)C)CC4)CCCC3(F)F)CC2)cc1. The lowest BCUT2D eigenvalue weighted by atomic mass is 9.84. The van der Waals surface area contributed by atoms with Gasteiger partial charge in [-0.3, -0.25) is 9.80 Å². The fraction of sp³-hybridized carbons (Fsp3) is 0.667. The lowest BCUT2D eigenvalue weighted by Crippen LogP contribution is -2.60. The first-order chi connectivity index (χ1) is 15.7. The minimum absolute atomic E-state index is 0.206. The monoisotopic (exact) mass is 460 g/mol. The number of benzene rings is 1. The molecule has 0 bridgehead atoms. The van der Waals surface area contributed by atoms with Crippen molar-refractivity contribution in [1.82, 2.24) is 9.80 Å². The van der Waals surface area contributed by atoms with Gasteiger partial charge >= 0.3 is 5.97 Å². The van der Waals surface area contributed by atoms with E-state index in [0.717, 1.165) is 39.0 Å². The summed E-state index contributed by atoms with van der Waals surface area (Å²) in [4.78, 5) is 17.5. The third-order valence-electron chi connectivity index (χ3n) is 7.78. The second-order valence-corrected chi connectivity index (χ2v) is 10.3. The Morgan fingerprint density at radius 2 is 1.79 bits per heavy atom. The van der Waals surface area contributed by atoms with Crippen LogP contribution in [0.3, 0.4) is 0 Å². The van der Waals surface area contributed by atoms with E-state index in [1.807, 2.05) is 6.08 Å². The summed E-state index contributed by atoms with van der Waals surface area (Å²) in [6.45, 7) is 9.61. The Labute approximate surface area is 197 Å². The van der Waals surface area contributed by atoms with E-state index in [1.54, 1.807) is 0 Å². The van der Waals surface area contributed by atoms with Crippen LogP contribution >= 0.6 is 0 Å². The normalized spacial score (nSPS) is 29.0. The first-order valence-electron chi connectivity index (χ1n) is 12.6.